The van der Waals surface area contributed by atoms with Crippen molar-refractivity contribution in [2.75, 3.05) is 0 Å². The second-order valence-electron chi connectivity index (χ2n) is 4.14. The van der Waals surface area contributed by atoms with E-state index >= 15 is 0 Å². The second kappa shape index (κ2) is 5.46. The fourth-order valence-corrected chi connectivity index (χ4v) is 4.34. The molecule has 0 spiro atoms. The van der Waals surface area contributed by atoms with E-state index in [1.807, 2.05) is 36.4 Å². The highest BCUT2D eigenvalue weighted by molar-refractivity contribution is 8.26. The molecule has 1 unspecified atom stereocenters. The monoisotopic (exact) mass is 305 g/mol. The van der Waals surface area contributed by atoms with Crippen molar-refractivity contribution in [3.8, 4) is 0 Å². The molecule has 0 fully saturated rings. The van der Waals surface area contributed by atoms with Gasteiger partial charge in [-0.15, -0.1) is 0 Å². The number of halogens is 2. The first-order valence-electron chi connectivity index (χ1n) is 5.86. The third-order valence-corrected chi connectivity index (χ3v) is 5.60. The summed E-state index contributed by atoms with van der Waals surface area (Å²) in [5, 5.41) is 4.95. The lowest BCUT2D eigenvalue weighted by Crippen LogP contribution is -1.86. The highest BCUT2D eigenvalue weighted by atomic mass is 35.5. The molecule has 0 N–H and O–H groups in total. The fraction of sp³-hybridized carbons (Fsp3) is 0. The molecular weight excluding hydrogens is 295 g/mol. The van der Waals surface area contributed by atoms with Crippen molar-refractivity contribution in [2.45, 2.75) is 4.90 Å². The van der Waals surface area contributed by atoms with E-state index in [9.17, 15) is 0 Å². The Kier molecular flexibility index (Phi) is 3.69. The molecule has 2 aromatic rings. The molecule has 2 aromatic carbocycles. The number of allylic oxidation sites excluding steroid dienone is 2. The van der Waals surface area contributed by atoms with E-state index in [1.54, 1.807) is 0 Å². The van der Waals surface area contributed by atoms with Gasteiger partial charge in [-0.25, -0.2) is 0 Å². The summed E-state index contributed by atoms with van der Waals surface area (Å²) in [5.41, 5.74) is 1.09. The topological polar surface area (TPSA) is 0 Å². The Morgan fingerprint density at radius 2 is 1.63 bits per heavy atom. The van der Waals surface area contributed by atoms with Gasteiger partial charge in [0.15, 0.2) is 0 Å². The van der Waals surface area contributed by atoms with Crippen LogP contribution in [0.1, 0.15) is 5.56 Å². The van der Waals surface area contributed by atoms with Crippen molar-refractivity contribution in [1.82, 2.24) is 0 Å². The lowest BCUT2D eigenvalue weighted by molar-refractivity contribution is 1.46. The van der Waals surface area contributed by atoms with Crippen LogP contribution in [-0.2, 0) is 0 Å². The quantitative estimate of drug-likeness (QED) is 0.673. The summed E-state index contributed by atoms with van der Waals surface area (Å²) in [4.78, 5) is 2.47. The van der Waals surface area contributed by atoms with Crippen molar-refractivity contribution in [1.29, 1.82) is 0 Å². The van der Waals surface area contributed by atoms with E-state index in [1.165, 1.54) is 9.80 Å². The zero-order chi connectivity index (χ0) is 13.2. The van der Waals surface area contributed by atoms with E-state index in [2.05, 4.69) is 29.7 Å². The molecule has 1 aliphatic heterocycles. The highest BCUT2D eigenvalue weighted by Crippen LogP contribution is 2.53. The van der Waals surface area contributed by atoms with Gasteiger partial charge in [0.1, 0.15) is 0 Å². The zero-order valence-corrected chi connectivity index (χ0v) is 12.4. The van der Waals surface area contributed by atoms with Crippen LogP contribution in [0.15, 0.2) is 65.6 Å². The van der Waals surface area contributed by atoms with Crippen LogP contribution in [0.3, 0.4) is 0 Å². The van der Waals surface area contributed by atoms with Crippen LogP contribution in [0.2, 0.25) is 10.0 Å². The van der Waals surface area contributed by atoms with E-state index in [-0.39, 0.29) is 0 Å². The lowest BCUT2D eigenvalue weighted by atomic mass is 10.2. The van der Waals surface area contributed by atoms with Gasteiger partial charge in [0.05, 0.1) is 0 Å². The maximum absolute atomic E-state index is 6.29. The van der Waals surface area contributed by atoms with E-state index < -0.39 is 10.9 Å². The minimum Gasteiger partial charge on any atom is -0.171 e. The fourth-order valence-electron chi connectivity index (χ4n) is 2.02. The standard InChI is InChI=1S/C16H11Cl2S/c17-12-7-9-13(10-8-12)19-11-3-6-16(19)14-4-1-2-5-15(14)18/h1-10,19H. The summed E-state index contributed by atoms with van der Waals surface area (Å²) in [6.45, 7) is 0. The average Bonchev–Trinajstić information content (AvgIpc) is 2.89. The summed E-state index contributed by atoms with van der Waals surface area (Å²) in [7, 11) is -0.596. The molecule has 0 bridgehead atoms. The summed E-state index contributed by atoms with van der Waals surface area (Å²) in [6, 6.07) is 15.9. The molecule has 0 saturated heterocycles. The van der Waals surface area contributed by atoms with Crippen molar-refractivity contribution in [3.05, 3.63) is 81.7 Å². The number of hydrogen-bond donors (Lipinski definition) is 1. The maximum atomic E-state index is 6.29. The van der Waals surface area contributed by atoms with Crippen LogP contribution in [0.5, 0.6) is 0 Å². The van der Waals surface area contributed by atoms with Crippen molar-refractivity contribution < 1.29 is 0 Å². The van der Waals surface area contributed by atoms with Crippen molar-refractivity contribution in [2.24, 2.45) is 0 Å². The summed E-state index contributed by atoms with van der Waals surface area (Å²) >= 11 is 12.2. The number of thiol groups is 1. The molecule has 3 heteroatoms. The number of benzene rings is 2. The molecule has 0 nitrogen and oxygen atoms in total. The molecule has 1 atom stereocenters. The maximum Gasteiger partial charge on any atom is 0.0489 e. The minimum absolute atomic E-state index is 0.596. The summed E-state index contributed by atoms with van der Waals surface area (Å²) < 4.78 is 0. The normalized spacial score (nSPS) is 19.5. The Labute approximate surface area is 125 Å². The van der Waals surface area contributed by atoms with Crippen LogP contribution in [0, 0.1) is 5.41 Å². The van der Waals surface area contributed by atoms with Crippen LogP contribution < -0.4 is 0 Å². The first kappa shape index (κ1) is 12.9. The molecule has 3 rings (SSSR count). The molecule has 0 aromatic heterocycles. The third kappa shape index (κ3) is 2.59. The van der Waals surface area contributed by atoms with E-state index in [0.717, 1.165) is 15.6 Å². The van der Waals surface area contributed by atoms with Crippen LogP contribution >= 0.6 is 34.1 Å². The summed E-state index contributed by atoms with van der Waals surface area (Å²) in [5.74, 6) is 0. The van der Waals surface area contributed by atoms with Gasteiger partial charge in [0.25, 0.3) is 0 Å². The van der Waals surface area contributed by atoms with Crippen LogP contribution in [0.4, 0.5) is 0 Å². The van der Waals surface area contributed by atoms with Crippen molar-refractivity contribution in [3.63, 3.8) is 0 Å². The Hall–Kier alpha value is -1.15. The lowest BCUT2D eigenvalue weighted by Gasteiger charge is -2.19. The van der Waals surface area contributed by atoms with Crippen molar-refractivity contribution >= 4 is 39.0 Å². The van der Waals surface area contributed by atoms with Crippen LogP contribution in [0.25, 0.3) is 4.91 Å². The van der Waals surface area contributed by atoms with Gasteiger partial charge in [0.2, 0.25) is 0 Å². The second-order valence-corrected chi connectivity index (χ2v) is 6.91. The zero-order valence-electron chi connectivity index (χ0n) is 9.98. The molecule has 1 aliphatic rings. The molecule has 0 saturated carbocycles. The SMILES string of the molecule is Clc1ccc([SH]2[C]=CC=C2c2ccccc2Cl)cc1. The predicted octanol–water partition coefficient (Wildman–Crippen LogP) is 5.73. The number of rotatable bonds is 2. The van der Waals surface area contributed by atoms with Gasteiger partial charge < -0.3 is 0 Å². The van der Waals surface area contributed by atoms with Gasteiger partial charge >= 0.3 is 0 Å². The predicted molar refractivity (Wildman–Crippen MR) is 85.9 cm³/mol. The van der Waals surface area contributed by atoms with E-state index in [0.29, 0.717) is 0 Å². The van der Waals surface area contributed by atoms with Gasteiger partial charge in [-0.05, 0) is 47.4 Å². The molecule has 1 radical (unpaired) electrons. The van der Waals surface area contributed by atoms with Gasteiger partial charge in [-0.2, -0.15) is 10.9 Å². The summed E-state index contributed by atoms with van der Waals surface area (Å²) in [6.07, 6.45) is 4.08. The molecule has 0 amide bonds. The Bertz CT molecular complexity index is 657. The first-order valence-corrected chi connectivity index (χ1v) is 7.96. The molecule has 0 aliphatic carbocycles. The Morgan fingerprint density at radius 3 is 2.37 bits per heavy atom. The first-order chi connectivity index (χ1) is 9.25. The van der Waals surface area contributed by atoms with Gasteiger partial charge in [-0.3, -0.25) is 0 Å². The number of hydrogen-bond acceptors (Lipinski definition) is 0. The van der Waals surface area contributed by atoms with Gasteiger partial charge in [0, 0.05) is 25.9 Å². The molecular formula is C16H11Cl2S. The molecule has 19 heavy (non-hydrogen) atoms. The molecule has 95 valence electrons. The molecule has 1 heterocycles. The van der Waals surface area contributed by atoms with E-state index in [4.69, 9.17) is 23.2 Å². The van der Waals surface area contributed by atoms with Gasteiger partial charge in [-0.1, -0.05) is 41.4 Å². The largest absolute Gasteiger partial charge is 0.171 e. The smallest absolute Gasteiger partial charge is 0.0489 e. The highest BCUT2D eigenvalue weighted by Gasteiger charge is 2.17. The average molecular weight is 306 g/mol. The van der Waals surface area contributed by atoms with Crippen LogP contribution in [-0.4, -0.2) is 0 Å². The Morgan fingerprint density at radius 1 is 0.895 bits per heavy atom. The minimum atomic E-state index is -0.596. The Balaban J connectivity index is 2.00. The third-order valence-electron chi connectivity index (χ3n) is 2.92.